The quantitative estimate of drug-likeness (QED) is 0.921. The standard InChI is InChI=1S/C21H29N3O2/c1-14-8-15(2)11-23(10-14)13-21(25)24-7-6-20-18(12-24)17-9-16(26-3)4-5-19(17)22-20/h4-5,9,14-15,22H,6-8,10-13H2,1-3H3. The largest absolute Gasteiger partial charge is 0.497 e. The first-order valence-corrected chi connectivity index (χ1v) is 9.71. The second kappa shape index (κ2) is 6.95. The van der Waals surface area contributed by atoms with Gasteiger partial charge in [-0.25, -0.2) is 0 Å². The number of benzene rings is 1. The summed E-state index contributed by atoms with van der Waals surface area (Å²) in [6.07, 6.45) is 2.17. The van der Waals surface area contributed by atoms with Gasteiger partial charge in [0.1, 0.15) is 5.75 Å². The lowest BCUT2D eigenvalue weighted by Gasteiger charge is -2.36. The van der Waals surface area contributed by atoms with Crippen LogP contribution >= 0.6 is 0 Å². The number of nitrogens with zero attached hydrogens (tertiary/aromatic N) is 2. The zero-order valence-corrected chi connectivity index (χ0v) is 16.0. The molecule has 1 fully saturated rings. The number of methoxy groups -OCH3 is 1. The first-order chi connectivity index (χ1) is 12.5. The van der Waals surface area contributed by atoms with E-state index in [1.54, 1.807) is 7.11 Å². The number of aromatic nitrogens is 1. The first-order valence-electron chi connectivity index (χ1n) is 9.71. The number of hydrogen-bond donors (Lipinski definition) is 1. The molecule has 2 aromatic rings. The van der Waals surface area contributed by atoms with Crippen molar-refractivity contribution in [2.75, 3.05) is 33.3 Å². The second-order valence-corrected chi connectivity index (χ2v) is 8.20. The third kappa shape index (κ3) is 3.32. The van der Waals surface area contributed by atoms with Gasteiger partial charge < -0.3 is 14.6 Å². The second-order valence-electron chi connectivity index (χ2n) is 8.20. The fourth-order valence-electron chi connectivity index (χ4n) is 4.75. The molecule has 1 aromatic carbocycles. The number of carbonyl (C=O) groups is 1. The number of likely N-dealkylation sites (tertiary alicyclic amines) is 1. The summed E-state index contributed by atoms with van der Waals surface area (Å²) >= 11 is 0. The molecule has 2 unspecified atom stereocenters. The first kappa shape index (κ1) is 17.4. The highest BCUT2D eigenvalue weighted by molar-refractivity contribution is 5.87. The van der Waals surface area contributed by atoms with Gasteiger partial charge >= 0.3 is 0 Å². The van der Waals surface area contributed by atoms with Gasteiger partial charge in [0.15, 0.2) is 0 Å². The minimum Gasteiger partial charge on any atom is -0.497 e. The van der Waals surface area contributed by atoms with Crippen molar-refractivity contribution in [1.82, 2.24) is 14.8 Å². The molecule has 4 rings (SSSR count). The molecule has 0 spiro atoms. The number of nitrogens with one attached hydrogen (secondary N) is 1. The van der Waals surface area contributed by atoms with Gasteiger partial charge in [-0.15, -0.1) is 0 Å². The van der Waals surface area contributed by atoms with E-state index in [-0.39, 0.29) is 5.91 Å². The van der Waals surface area contributed by atoms with Crippen LogP contribution in [0.1, 0.15) is 31.5 Å². The Morgan fingerprint density at radius 2 is 2.04 bits per heavy atom. The number of hydrogen-bond acceptors (Lipinski definition) is 3. The number of aromatic amines is 1. The molecule has 5 heteroatoms. The maximum absolute atomic E-state index is 12.9. The van der Waals surface area contributed by atoms with E-state index >= 15 is 0 Å². The highest BCUT2D eigenvalue weighted by atomic mass is 16.5. The van der Waals surface area contributed by atoms with Crippen LogP contribution in [0.25, 0.3) is 10.9 Å². The molecule has 0 bridgehead atoms. The maximum Gasteiger partial charge on any atom is 0.237 e. The van der Waals surface area contributed by atoms with Crippen LogP contribution in [0.4, 0.5) is 0 Å². The molecule has 2 aliphatic heterocycles. The van der Waals surface area contributed by atoms with Crippen LogP contribution in [-0.4, -0.2) is 54.0 Å². The van der Waals surface area contributed by atoms with Gasteiger partial charge in [-0.1, -0.05) is 13.8 Å². The van der Waals surface area contributed by atoms with Gasteiger partial charge in [0.2, 0.25) is 5.91 Å². The molecule has 1 amide bonds. The number of carbonyl (C=O) groups excluding carboxylic acids is 1. The Labute approximate surface area is 155 Å². The molecule has 1 N–H and O–H groups in total. The Kier molecular flexibility index (Phi) is 4.65. The molecule has 5 nitrogen and oxygen atoms in total. The molecular formula is C21H29N3O2. The average Bonchev–Trinajstić information content (AvgIpc) is 2.97. The van der Waals surface area contributed by atoms with Crippen molar-refractivity contribution >= 4 is 16.8 Å². The molecular weight excluding hydrogens is 326 g/mol. The summed E-state index contributed by atoms with van der Waals surface area (Å²) < 4.78 is 5.38. The summed E-state index contributed by atoms with van der Waals surface area (Å²) in [5.74, 6) is 2.48. The number of H-pyrrole nitrogens is 1. The van der Waals surface area contributed by atoms with E-state index in [0.717, 1.165) is 37.3 Å². The molecule has 140 valence electrons. The van der Waals surface area contributed by atoms with Gasteiger partial charge in [-0.3, -0.25) is 9.69 Å². The van der Waals surface area contributed by atoms with E-state index in [1.807, 2.05) is 11.0 Å². The van der Waals surface area contributed by atoms with E-state index in [0.29, 0.717) is 24.9 Å². The van der Waals surface area contributed by atoms with Crippen LogP contribution in [0, 0.1) is 11.8 Å². The highest BCUT2D eigenvalue weighted by Crippen LogP contribution is 2.30. The lowest BCUT2D eigenvalue weighted by Crippen LogP contribution is -2.46. The number of ether oxygens (including phenoxy) is 1. The van der Waals surface area contributed by atoms with Crippen LogP contribution in [0.2, 0.25) is 0 Å². The Hall–Kier alpha value is -2.01. The molecule has 26 heavy (non-hydrogen) atoms. The Morgan fingerprint density at radius 1 is 1.27 bits per heavy atom. The maximum atomic E-state index is 12.9. The number of amides is 1. The minimum absolute atomic E-state index is 0.259. The van der Waals surface area contributed by atoms with Crippen molar-refractivity contribution in [1.29, 1.82) is 0 Å². The molecule has 1 saturated heterocycles. The average molecular weight is 355 g/mol. The molecule has 0 aliphatic carbocycles. The van der Waals surface area contributed by atoms with Gasteiger partial charge in [0.05, 0.1) is 13.7 Å². The van der Waals surface area contributed by atoms with Crippen LogP contribution in [0.15, 0.2) is 18.2 Å². The molecule has 1 aromatic heterocycles. The van der Waals surface area contributed by atoms with Crippen molar-refractivity contribution in [3.8, 4) is 5.75 Å². The fourth-order valence-corrected chi connectivity index (χ4v) is 4.75. The van der Waals surface area contributed by atoms with Crippen molar-refractivity contribution in [3.05, 3.63) is 29.5 Å². The summed E-state index contributed by atoms with van der Waals surface area (Å²) in [4.78, 5) is 20.8. The van der Waals surface area contributed by atoms with Gasteiger partial charge in [0, 0.05) is 54.8 Å². The number of piperidine rings is 1. The van der Waals surface area contributed by atoms with Gasteiger partial charge in [-0.05, 0) is 36.5 Å². The van der Waals surface area contributed by atoms with Crippen LogP contribution < -0.4 is 4.74 Å². The van der Waals surface area contributed by atoms with Gasteiger partial charge in [0.25, 0.3) is 0 Å². The topological polar surface area (TPSA) is 48.6 Å². The third-order valence-electron chi connectivity index (χ3n) is 5.84. The summed E-state index contributed by atoms with van der Waals surface area (Å²) in [5, 5.41) is 1.18. The third-order valence-corrected chi connectivity index (χ3v) is 5.84. The Morgan fingerprint density at radius 3 is 2.77 bits per heavy atom. The SMILES string of the molecule is COc1ccc2[nH]c3c(c2c1)CN(C(=O)CN1CC(C)CC(C)C1)CC3. The normalized spacial score (nSPS) is 23.9. The Bertz CT molecular complexity index is 803. The number of rotatable bonds is 3. The van der Waals surface area contributed by atoms with Crippen molar-refractivity contribution in [2.24, 2.45) is 11.8 Å². The zero-order chi connectivity index (χ0) is 18.3. The molecule has 0 saturated carbocycles. The summed E-state index contributed by atoms with van der Waals surface area (Å²) in [6, 6.07) is 6.12. The molecule has 0 radical (unpaired) electrons. The van der Waals surface area contributed by atoms with E-state index in [4.69, 9.17) is 4.74 Å². The van der Waals surface area contributed by atoms with E-state index in [1.165, 1.54) is 23.1 Å². The van der Waals surface area contributed by atoms with E-state index in [2.05, 4.69) is 35.9 Å². The van der Waals surface area contributed by atoms with E-state index in [9.17, 15) is 4.79 Å². The lowest BCUT2D eigenvalue weighted by molar-refractivity contribution is -0.134. The van der Waals surface area contributed by atoms with Gasteiger partial charge in [-0.2, -0.15) is 0 Å². The molecule has 2 aliphatic rings. The fraction of sp³-hybridized carbons (Fsp3) is 0.571. The van der Waals surface area contributed by atoms with Crippen molar-refractivity contribution in [2.45, 2.75) is 33.2 Å². The monoisotopic (exact) mass is 355 g/mol. The summed E-state index contributed by atoms with van der Waals surface area (Å²) in [7, 11) is 1.69. The summed E-state index contributed by atoms with van der Waals surface area (Å²) in [6.45, 7) is 8.71. The minimum atomic E-state index is 0.259. The van der Waals surface area contributed by atoms with Crippen LogP contribution in [0.5, 0.6) is 5.75 Å². The molecule has 3 heterocycles. The smallest absolute Gasteiger partial charge is 0.237 e. The van der Waals surface area contributed by atoms with E-state index < -0.39 is 0 Å². The lowest BCUT2D eigenvalue weighted by atomic mass is 9.92. The number of fused-ring (bicyclic) bond motifs is 3. The Balaban J connectivity index is 1.49. The van der Waals surface area contributed by atoms with Crippen molar-refractivity contribution < 1.29 is 9.53 Å². The van der Waals surface area contributed by atoms with Crippen molar-refractivity contribution in [3.63, 3.8) is 0 Å². The highest BCUT2D eigenvalue weighted by Gasteiger charge is 2.28. The zero-order valence-electron chi connectivity index (χ0n) is 16.0. The van der Waals surface area contributed by atoms with Crippen LogP contribution in [-0.2, 0) is 17.8 Å². The predicted octanol–water partition coefficient (Wildman–Crippen LogP) is 3.04. The molecule has 2 atom stereocenters. The van der Waals surface area contributed by atoms with Crippen LogP contribution in [0.3, 0.4) is 0 Å². The summed E-state index contributed by atoms with van der Waals surface area (Å²) in [5.41, 5.74) is 3.64. The predicted molar refractivity (Wildman–Crippen MR) is 103 cm³/mol.